The summed E-state index contributed by atoms with van der Waals surface area (Å²) in [6, 6.07) is 16.9. The fourth-order valence-electron chi connectivity index (χ4n) is 2.67. The van der Waals surface area contributed by atoms with Crippen LogP contribution in [0.5, 0.6) is 5.75 Å². The summed E-state index contributed by atoms with van der Waals surface area (Å²) >= 11 is 6.37. The number of nitrogens with zero attached hydrogens (tertiary/aromatic N) is 1. The Labute approximate surface area is 173 Å². The summed E-state index contributed by atoms with van der Waals surface area (Å²) in [4.78, 5) is 27.8. The molecule has 0 spiro atoms. The van der Waals surface area contributed by atoms with Crippen molar-refractivity contribution >= 4 is 23.5 Å². The minimum Gasteiger partial charge on any atom is -0.486 e. The van der Waals surface area contributed by atoms with Crippen molar-refractivity contribution in [1.82, 2.24) is 10.3 Å². The number of carboxylic acid groups (broad SMARTS) is 1. The van der Waals surface area contributed by atoms with E-state index < -0.39 is 5.97 Å². The average Bonchev–Trinajstić information content (AvgIpc) is 2.71. The van der Waals surface area contributed by atoms with Crippen molar-refractivity contribution in [1.29, 1.82) is 0 Å². The van der Waals surface area contributed by atoms with E-state index in [1.165, 1.54) is 12.1 Å². The molecule has 0 saturated carbocycles. The molecule has 0 aliphatic carbocycles. The maximum Gasteiger partial charge on any atom is 0.335 e. The van der Waals surface area contributed by atoms with Gasteiger partial charge in [0.25, 0.3) is 5.91 Å². The van der Waals surface area contributed by atoms with Crippen LogP contribution in [0.3, 0.4) is 0 Å². The van der Waals surface area contributed by atoms with Crippen molar-refractivity contribution in [3.05, 3.63) is 93.8 Å². The number of pyridine rings is 1. The van der Waals surface area contributed by atoms with E-state index in [2.05, 4.69) is 10.3 Å². The molecule has 3 aromatic rings. The standard InChI is InChI=1S/C22H19ClN2O4/c1-14-4-2-5-17(25-14)13-29-19-7-3-6-18(20(19)23)21(26)24-12-15-8-10-16(11-9-15)22(27)28/h2-11H,12-13H2,1H3,(H,24,26)(H,27,28). The van der Waals surface area contributed by atoms with E-state index in [-0.39, 0.29) is 29.6 Å². The molecule has 1 amide bonds. The molecule has 2 N–H and O–H groups in total. The zero-order valence-corrected chi connectivity index (χ0v) is 16.4. The van der Waals surface area contributed by atoms with E-state index in [1.54, 1.807) is 30.3 Å². The third-order valence-electron chi connectivity index (χ3n) is 4.18. The van der Waals surface area contributed by atoms with Gasteiger partial charge >= 0.3 is 5.97 Å². The Kier molecular flexibility index (Phi) is 6.46. The Hall–Kier alpha value is -3.38. The number of rotatable bonds is 7. The number of nitrogens with one attached hydrogen (secondary N) is 1. The molecule has 0 fully saturated rings. The molecule has 2 aromatic carbocycles. The molecule has 1 heterocycles. The van der Waals surface area contributed by atoms with Crippen molar-refractivity contribution in [2.75, 3.05) is 0 Å². The summed E-state index contributed by atoms with van der Waals surface area (Å²) in [7, 11) is 0. The van der Waals surface area contributed by atoms with Gasteiger partial charge < -0.3 is 15.2 Å². The predicted molar refractivity (Wildman–Crippen MR) is 109 cm³/mol. The molecule has 1 aromatic heterocycles. The molecule has 0 bridgehead atoms. The van der Waals surface area contributed by atoms with Crippen LogP contribution in [-0.4, -0.2) is 22.0 Å². The van der Waals surface area contributed by atoms with Gasteiger partial charge in [0.05, 0.1) is 21.8 Å². The Morgan fingerprint density at radius 2 is 1.79 bits per heavy atom. The minimum absolute atomic E-state index is 0.191. The highest BCUT2D eigenvalue weighted by Gasteiger charge is 2.14. The summed E-state index contributed by atoms with van der Waals surface area (Å²) < 4.78 is 5.74. The molecule has 0 saturated heterocycles. The van der Waals surface area contributed by atoms with Gasteiger partial charge in [-0.05, 0) is 48.9 Å². The van der Waals surface area contributed by atoms with E-state index in [1.807, 2.05) is 25.1 Å². The fourth-order valence-corrected chi connectivity index (χ4v) is 2.94. The number of amides is 1. The first-order chi connectivity index (χ1) is 13.9. The van der Waals surface area contributed by atoms with Crippen LogP contribution in [0.15, 0.2) is 60.7 Å². The van der Waals surface area contributed by atoms with Crippen molar-refractivity contribution in [2.45, 2.75) is 20.1 Å². The summed E-state index contributed by atoms with van der Waals surface area (Å²) in [6.07, 6.45) is 0. The van der Waals surface area contributed by atoms with Crippen LogP contribution in [-0.2, 0) is 13.2 Å². The highest BCUT2D eigenvalue weighted by Crippen LogP contribution is 2.28. The molecule has 7 heteroatoms. The Balaban J connectivity index is 1.64. The number of hydrogen-bond acceptors (Lipinski definition) is 4. The summed E-state index contributed by atoms with van der Waals surface area (Å²) in [6.45, 7) is 2.38. The van der Waals surface area contributed by atoms with Crippen LogP contribution in [0.4, 0.5) is 0 Å². The second kappa shape index (κ2) is 9.21. The molecule has 0 aliphatic heterocycles. The van der Waals surface area contributed by atoms with Crippen molar-refractivity contribution in [3.8, 4) is 5.75 Å². The Morgan fingerprint density at radius 1 is 1.07 bits per heavy atom. The maximum absolute atomic E-state index is 12.5. The van der Waals surface area contributed by atoms with Gasteiger partial charge in [0, 0.05) is 12.2 Å². The third kappa shape index (κ3) is 5.33. The Bertz CT molecular complexity index is 1040. The normalized spacial score (nSPS) is 10.4. The predicted octanol–water partition coefficient (Wildman–Crippen LogP) is 4.25. The summed E-state index contributed by atoms with van der Waals surface area (Å²) in [5.74, 6) is -0.949. The molecule has 148 valence electrons. The number of benzene rings is 2. The van der Waals surface area contributed by atoms with Crippen LogP contribution >= 0.6 is 11.6 Å². The van der Waals surface area contributed by atoms with Gasteiger partial charge in [-0.15, -0.1) is 0 Å². The lowest BCUT2D eigenvalue weighted by Crippen LogP contribution is -2.23. The van der Waals surface area contributed by atoms with Gasteiger partial charge in [-0.2, -0.15) is 0 Å². The highest BCUT2D eigenvalue weighted by molar-refractivity contribution is 6.35. The molecule has 29 heavy (non-hydrogen) atoms. The first kappa shape index (κ1) is 20.4. The zero-order valence-electron chi connectivity index (χ0n) is 15.7. The SMILES string of the molecule is Cc1cccc(COc2cccc(C(=O)NCc3ccc(C(=O)O)cc3)c2Cl)n1. The lowest BCUT2D eigenvalue weighted by atomic mass is 10.1. The lowest BCUT2D eigenvalue weighted by molar-refractivity contribution is 0.0696. The van der Waals surface area contributed by atoms with E-state index in [0.29, 0.717) is 11.3 Å². The molecule has 0 aliphatic rings. The van der Waals surface area contributed by atoms with E-state index >= 15 is 0 Å². The smallest absolute Gasteiger partial charge is 0.335 e. The molecule has 0 unspecified atom stereocenters. The van der Waals surface area contributed by atoms with Gasteiger partial charge in [0.2, 0.25) is 0 Å². The number of carbonyl (C=O) groups is 2. The van der Waals surface area contributed by atoms with Gasteiger partial charge in [-0.3, -0.25) is 9.78 Å². The van der Waals surface area contributed by atoms with Crippen LogP contribution < -0.4 is 10.1 Å². The maximum atomic E-state index is 12.5. The second-order valence-corrected chi connectivity index (χ2v) is 6.74. The highest BCUT2D eigenvalue weighted by atomic mass is 35.5. The Morgan fingerprint density at radius 3 is 2.48 bits per heavy atom. The van der Waals surface area contributed by atoms with Crippen LogP contribution in [0.1, 0.15) is 37.7 Å². The number of aromatic carboxylic acids is 1. The number of aryl methyl sites for hydroxylation is 1. The summed E-state index contributed by atoms with van der Waals surface area (Å²) in [5.41, 5.74) is 2.92. The molecule has 3 rings (SSSR count). The van der Waals surface area contributed by atoms with E-state index in [9.17, 15) is 9.59 Å². The van der Waals surface area contributed by atoms with Gasteiger partial charge in [-0.25, -0.2) is 4.79 Å². The summed E-state index contributed by atoms with van der Waals surface area (Å²) in [5, 5.41) is 11.9. The van der Waals surface area contributed by atoms with Crippen LogP contribution in [0.25, 0.3) is 0 Å². The monoisotopic (exact) mass is 410 g/mol. The lowest BCUT2D eigenvalue weighted by Gasteiger charge is -2.12. The molecular weight excluding hydrogens is 392 g/mol. The van der Waals surface area contributed by atoms with Crippen molar-refractivity contribution < 1.29 is 19.4 Å². The molecule has 0 atom stereocenters. The first-order valence-electron chi connectivity index (χ1n) is 8.88. The van der Waals surface area contributed by atoms with Crippen LogP contribution in [0, 0.1) is 6.92 Å². The van der Waals surface area contributed by atoms with Gasteiger partial charge in [0.1, 0.15) is 12.4 Å². The van der Waals surface area contributed by atoms with E-state index in [4.69, 9.17) is 21.4 Å². The average molecular weight is 411 g/mol. The van der Waals surface area contributed by atoms with Crippen LogP contribution in [0.2, 0.25) is 5.02 Å². The number of ether oxygens (including phenoxy) is 1. The molecular formula is C22H19ClN2O4. The molecule has 6 nitrogen and oxygen atoms in total. The second-order valence-electron chi connectivity index (χ2n) is 6.36. The quantitative estimate of drug-likeness (QED) is 0.607. The first-order valence-corrected chi connectivity index (χ1v) is 9.26. The number of halogens is 1. The largest absolute Gasteiger partial charge is 0.486 e. The van der Waals surface area contributed by atoms with Gasteiger partial charge in [0.15, 0.2) is 0 Å². The number of carboxylic acids is 1. The molecule has 0 radical (unpaired) electrons. The van der Waals surface area contributed by atoms with Crippen molar-refractivity contribution in [3.63, 3.8) is 0 Å². The van der Waals surface area contributed by atoms with Crippen molar-refractivity contribution in [2.24, 2.45) is 0 Å². The zero-order chi connectivity index (χ0) is 20.8. The van der Waals surface area contributed by atoms with Gasteiger partial charge in [-0.1, -0.05) is 35.9 Å². The topological polar surface area (TPSA) is 88.5 Å². The van der Waals surface area contributed by atoms with E-state index in [0.717, 1.165) is 17.0 Å². The minimum atomic E-state index is -0.995. The number of hydrogen-bond donors (Lipinski definition) is 2. The number of aromatic nitrogens is 1. The fraction of sp³-hybridized carbons (Fsp3) is 0.136. The number of carbonyl (C=O) groups excluding carboxylic acids is 1. The third-order valence-corrected chi connectivity index (χ3v) is 4.57.